The minimum Gasteiger partial charge on any atom is -0.481 e. The lowest BCUT2D eigenvalue weighted by molar-refractivity contribution is -0.153. The molecular weight excluding hydrogens is 315 g/mol. The van der Waals surface area contributed by atoms with Crippen molar-refractivity contribution in [1.82, 2.24) is 0 Å². The van der Waals surface area contributed by atoms with E-state index in [4.69, 9.17) is 0 Å². The van der Waals surface area contributed by atoms with Crippen LogP contribution in [-0.4, -0.2) is 12.8 Å². The fourth-order valence-electron chi connectivity index (χ4n) is 0.747. The summed E-state index contributed by atoms with van der Waals surface area (Å²) in [6.07, 6.45) is -4.45. The molecule has 0 aliphatic carbocycles. The molecule has 0 saturated carbocycles. The Morgan fingerprint density at radius 1 is 1.29 bits per heavy atom. The van der Waals surface area contributed by atoms with Crippen LogP contribution in [0.15, 0.2) is 18.2 Å². The van der Waals surface area contributed by atoms with Crippen molar-refractivity contribution in [3.63, 3.8) is 0 Å². The molecule has 14 heavy (non-hydrogen) atoms. The molecule has 1 rings (SSSR count). The zero-order valence-electron chi connectivity index (χ0n) is 6.74. The van der Waals surface area contributed by atoms with Gasteiger partial charge in [0.2, 0.25) is 0 Å². The van der Waals surface area contributed by atoms with Crippen molar-refractivity contribution in [3.05, 3.63) is 27.6 Å². The summed E-state index contributed by atoms with van der Waals surface area (Å²) in [7, 11) is 0. The van der Waals surface area contributed by atoms with Gasteiger partial charge in [-0.2, -0.15) is 13.2 Å². The summed E-state index contributed by atoms with van der Waals surface area (Å²) < 4.78 is 52.9. The van der Waals surface area contributed by atoms with E-state index in [1.54, 1.807) is 0 Å². The van der Waals surface area contributed by atoms with Crippen LogP contribution >= 0.6 is 22.6 Å². The van der Waals surface area contributed by atoms with Gasteiger partial charge in [-0.3, -0.25) is 0 Å². The summed E-state index contributed by atoms with van der Waals surface area (Å²) in [5.41, 5.74) is 0. The fourth-order valence-corrected chi connectivity index (χ4v) is 1.21. The molecule has 1 nitrogen and oxygen atoms in total. The van der Waals surface area contributed by atoms with Gasteiger partial charge < -0.3 is 4.74 Å². The van der Waals surface area contributed by atoms with E-state index in [0.29, 0.717) is 3.57 Å². The number of halogens is 5. The minimum atomic E-state index is -4.45. The smallest absolute Gasteiger partial charge is 0.422 e. The van der Waals surface area contributed by atoms with Gasteiger partial charge in [-0.15, -0.1) is 0 Å². The Kier molecular flexibility index (Phi) is 3.57. The lowest BCUT2D eigenvalue weighted by Gasteiger charge is -2.09. The first-order valence-electron chi connectivity index (χ1n) is 3.53. The molecule has 0 atom stereocenters. The molecule has 0 fully saturated rings. The first-order valence-corrected chi connectivity index (χ1v) is 4.61. The SMILES string of the molecule is Fc1ccc(I)cc1OCC(F)(F)F. The van der Waals surface area contributed by atoms with E-state index in [-0.39, 0.29) is 5.75 Å². The van der Waals surface area contributed by atoms with Crippen molar-refractivity contribution in [3.8, 4) is 5.75 Å². The van der Waals surface area contributed by atoms with Crippen molar-refractivity contribution in [2.45, 2.75) is 6.18 Å². The molecule has 0 spiro atoms. The Morgan fingerprint density at radius 3 is 2.50 bits per heavy atom. The van der Waals surface area contributed by atoms with Gasteiger partial charge in [0.1, 0.15) is 0 Å². The van der Waals surface area contributed by atoms with Gasteiger partial charge in [-0.05, 0) is 40.8 Å². The molecule has 0 N–H and O–H groups in total. The highest BCUT2D eigenvalue weighted by Gasteiger charge is 2.28. The van der Waals surface area contributed by atoms with Crippen LogP contribution in [0.4, 0.5) is 17.6 Å². The molecule has 0 amide bonds. The molecule has 0 aliphatic heterocycles. The zero-order chi connectivity index (χ0) is 10.8. The Balaban J connectivity index is 2.72. The largest absolute Gasteiger partial charge is 0.481 e. The van der Waals surface area contributed by atoms with Gasteiger partial charge >= 0.3 is 6.18 Å². The number of hydrogen-bond acceptors (Lipinski definition) is 1. The number of alkyl halides is 3. The third-order valence-corrected chi connectivity index (χ3v) is 1.96. The van der Waals surface area contributed by atoms with Gasteiger partial charge in [0.25, 0.3) is 0 Å². The summed E-state index contributed by atoms with van der Waals surface area (Å²) in [4.78, 5) is 0. The summed E-state index contributed by atoms with van der Waals surface area (Å²) in [5, 5.41) is 0. The lowest BCUT2D eigenvalue weighted by atomic mass is 10.3. The number of ether oxygens (including phenoxy) is 1. The molecule has 0 bridgehead atoms. The molecule has 0 radical (unpaired) electrons. The van der Waals surface area contributed by atoms with Crippen molar-refractivity contribution < 1.29 is 22.3 Å². The molecule has 0 heterocycles. The first-order chi connectivity index (χ1) is 6.38. The minimum absolute atomic E-state index is 0.380. The summed E-state index contributed by atoms with van der Waals surface area (Å²) >= 11 is 1.85. The van der Waals surface area contributed by atoms with Crippen LogP contribution in [0.25, 0.3) is 0 Å². The predicted octanol–water partition coefficient (Wildman–Crippen LogP) is 3.37. The Bertz CT molecular complexity index is 324. The van der Waals surface area contributed by atoms with E-state index in [1.807, 2.05) is 22.6 Å². The topological polar surface area (TPSA) is 9.23 Å². The van der Waals surface area contributed by atoms with Crippen molar-refractivity contribution in [1.29, 1.82) is 0 Å². The maximum absolute atomic E-state index is 12.8. The van der Waals surface area contributed by atoms with E-state index >= 15 is 0 Å². The summed E-state index contributed by atoms with van der Waals surface area (Å²) in [6, 6.07) is 3.71. The van der Waals surface area contributed by atoms with Crippen LogP contribution in [0, 0.1) is 9.39 Å². The highest BCUT2D eigenvalue weighted by atomic mass is 127. The molecule has 0 unspecified atom stereocenters. The molecule has 1 aromatic carbocycles. The van der Waals surface area contributed by atoms with Gasteiger partial charge in [0.05, 0.1) is 0 Å². The van der Waals surface area contributed by atoms with Crippen LogP contribution in [0.2, 0.25) is 0 Å². The van der Waals surface area contributed by atoms with Crippen LogP contribution in [0.1, 0.15) is 0 Å². The third kappa shape index (κ3) is 3.69. The van der Waals surface area contributed by atoms with Gasteiger partial charge in [-0.25, -0.2) is 4.39 Å². The summed E-state index contributed by atoms with van der Waals surface area (Å²) in [5.74, 6) is -1.18. The number of rotatable bonds is 2. The first kappa shape index (κ1) is 11.5. The van der Waals surface area contributed by atoms with Crippen LogP contribution in [0.5, 0.6) is 5.75 Å². The van der Waals surface area contributed by atoms with E-state index in [1.165, 1.54) is 12.1 Å². The van der Waals surface area contributed by atoms with E-state index < -0.39 is 18.6 Å². The molecule has 6 heteroatoms. The standard InChI is InChI=1S/C8H5F4IO/c9-6-2-1-5(13)3-7(6)14-4-8(10,11)12/h1-3H,4H2. The predicted molar refractivity (Wildman–Crippen MR) is 50.7 cm³/mol. The number of benzene rings is 1. The molecule has 0 aliphatic rings. The molecular formula is C8H5F4IO. The van der Waals surface area contributed by atoms with E-state index in [0.717, 1.165) is 6.07 Å². The quantitative estimate of drug-likeness (QED) is 0.600. The lowest BCUT2D eigenvalue weighted by Crippen LogP contribution is -2.19. The maximum Gasteiger partial charge on any atom is 0.422 e. The Morgan fingerprint density at radius 2 is 1.93 bits per heavy atom. The van der Waals surface area contributed by atoms with Crippen LogP contribution in [-0.2, 0) is 0 Å². The average Bonchev–Trinajstić information content (AvgIpc) is 2.05. The molecule has 1 aromatic rings. The van der Waals surface area contributed by atoms with E-state index in [2.05, 4.69) is 4.74 Å². The van der Waals surface area contributed by atoms with Crippen LogP contribution < -0.4 is 4.74 Å². The van der Waals surface area contributed by atoms with Crippen molar-refractivity contribution in [2.24, 2.45) is 0 Å². The average molecular weight is 320 g/mol. The van der Waals surface area contributed by atoms with Gasteiger partial charge in [0, 0.05) is 3.57 Å². The molecule has 78 valence electrons. The van der Waals surface area contributed by atoms with Crippen molar-refractivity contribution >= 4 is 22.6 Å². The molecule has 0 aromatic heterocycles. The Hall–Kier alpha value is -0.530. The van der Waals surface area contributed by atoms with E-state index in [9.17, 15) is 17.6 Å². The zero-order valence-corrected chi connectivity index (χ0v) is 8.89. The normalized spacial score (nSPS) is 11.5. The van der Waals surface area contributed by atoms with Gasteiger partial charge in [0.15, 0.2) is 18.2 Å². The number of hydrogen-bond donors (Lipinski definition) is 0. The Labute approximate surface area is 91.2 Å². The highest BCUT2D eigenvalue weighted by molar-refractivity contribution is 14.1. The highest BCUT2D eigenvalue weighted by Crippen LogP contribution is 2.23. The van der Waals surface area contributed by atoms with Crippen LogP contribution in [0.3, 0.4) is 0 Å². The maximum atomic E-state index is 12.8. The third-order valence-electron chi connectivity index (χ3n) is 1.28. The summed E-state index contributed by atoms with van der Waals surface area (Å²) in [6.45, 7) is -1.48. The second-order valence-corrected chi connectivity index (χ2v) is 3.72. The second-order valence-electron chi connectivity index (χ2n) is 2.48. The fraction of sp³-hybridized carbons (Fsp3) is 0.250. The van der Waals surface area contributed by atoms with Gasteiger partial charge in [-0.1, -0.05) is 0 Å². The monoisotopic (exact) mass is 320 g/mol. The molecule has 0 saturated heterocycles. The van der Waals surface area contributed by atoms with Crippen molar-refractivity contribution in [2.75, 3.05) is 6.61 Å². The second kappa shape index (κ2) is 4.33.